The Hall–Kier alpha value is -1.06. The first-order valence-electron chi connectivity index (χ1n) is 8.78. The molecule has 130 valence electrons. The number of ether oxygens (including phenoxy) is 2. The van der Waals surface area contributed by atoms with E-state index < -0.39 is 0 Å². The van der Waals surface area contributed by atoms with Gasteiger partial charge in [-0.1, -0.05) is 39.8 Å². The first kappa shape index (κ1) is 23.2. The van der Waals surface area contributed by atoms with Crippen LogP contribution in [0.5, 0.6) is 5.75 Å². The molecule has 3 nitrogen and oxygen atoms in total. The fourth-order valence-electron chi connectivity index (χ4n) is 1.78. The van der Waals surface area contributed by atoms with E-state index in [1.165, 1.54) is 18.4 Å². The van der Waals surface area contributed by atoms with Crippen molar-refractivity contribution in [2.45, 2.75) is 60.4 Å². The summed E-state index contributed by atoms with van der Waals surface area (Å²) in [7, 11) is 1.75. The molecule has 1 N–H and O–H groups in total. The molecule has 0 aliphatic heterocycles. The molecular weight excluding hydrogens is 274 g/mol. The fourth-order valence-corrected chi connectivity index (χ4v) is 1.78. The Morgan fingerprint density at radius 1 is 0.909 bits per heavy atom. The molecule has 22 heavy (non-hydrogen) atoms. The average molecular weight is 312 g/mol. The molecule has 0 heterocycles. The molecule has 0 aliphatic rings. The molecule has 0 unspecified atom stereocenters. The second kappa shape index (κ2) is 19.9. The van der Waals surface area contributed by atoms with E-state index in [0.717, 1.165) is 38.5 Å². The molecule has 0 saturated heterocycles. The highest BCUT2D eigenvalue weighted by Gasteiger charge is 1.95. The number of unbranched alkanes of at least 4 members (excludes halogenated alkanes) is 2. The number of rotatable bonds is 10. The van der Waals surface area contributed by atoms with Crippen LogP contribution in [0.3, 0.4) is 0 Å². The van der Waals surface area contributed by atoms with Crippen molar-refractivity contribution in [1.29, 1.82) is 0 Å². The Labute approximate surface area is 138 Å². The van der Waals surface area contributed by atoms with Gasteiger partial charge in [-0.15, -0.1) is 0 Å². The van der Waals surface area contributed by atoms with Gasteiger partial charge in [0.2, 0.25) is 0 Å². The molecule has 0 aliphatic carbocycles. The van der Waals surface area contributed by atoms with Crippen LogP contribution in [0.4, 0.5) is 0 Å². The topological polar surface area (TPSA) is 30.5 Å². The molecular formula is C19H37NO2. The Morgan fingerprint density at radius 3 is 2.09 bits per heavy atom. The molecule has 0 saturated carbocycles. The molecule has 1 aromatic rings. The van der Waals surface area contributed by atoms with E-state index in [1.54, 1.807) is 7.11 Å². The van der Waals surface area contributed by atoms with Crippen LogP contribution in [0.25, 0.3) is 0 Å². The minimum Gasteiger partial charge on any atom is -0.494 e. The first-order chi connectivity index (χ1) is 10.9. The third kappa shape index (κ3) is 13.9. The van der Waals surface area contributed by atoms with Gasteiger partial charge in [0, 0.05) is 20.3 Å². The molecule has 3 heteroatoms. The van der Waals surface area contributed by atoms with Gasteiger partial charge in [-0.3, -0.25) is 0 Å². The quantitative estimate of drug-likeness (QED) is 0.614. The highest BCUT2D eigenvalue weighted by Crippen LogP contribution is 2.11. The maximum Gasteiger partial charge on any atom is 0.119 e. The van der Waals surface area contributed by atoms with Crippen LogP contribution in [0.15, 0.2) is 24.3 Å². The van der Waals surface area contributed by atoms with Crippen LogP contribution in [-0.4, -0.2) is 26.9 Å². The van der Waals surface area contributed by atoms with Crippen LogP contribution in [0.1, 0.15) is 59.4 Å². The first-order valence-corrected chi connectivity index (χ1v) is 8.78. The van der Waals surface area contributed by atoms with Crippen molar-refractivity contribution < 1.29 is 9.47 Å². The lowest BCUT2D eigenvalue weighted by Crippen LogP contribution is -2.14. The lowest BCUT2D eigenvalue weighted by Gasteiger charge is -2.06. The Kier molecular flexibility index (Phi) is 21.0. The van der Waals surface area contributed by atoms with Gasteiger partial charge in [0.05, 0.1) is 6.61 Å². The summed E-state index contributed by atoms with van der Waals surface area (Å²) < 4.78 is 10.4. The number of hydrogen-bond donors (Lipinski definition) is 1. The van der Waals surface area contributed by atoms with Gasteiger partial charge in [0.25, 0.3) is 0 Å². The van der Waals surface area contributed by atoms with Crippen molar-refractivity contribution in [1.82, 2.24) is 5.32 Å². The van der Waals surface area contributed by atoms with E-state index >= 15 is 0 Å². The van der Waals surface area contributed by atoms with Gasteiger partial charge in [-0.05, 0) is 50.4 Å². The van der Waals surface area contributed by atoms with Crippen molar-refractivity contribution in [3.63, 3.8) is 0 Å². The Morgan fingerprint density at radius 2 is 1.55 bits per heavy atom. The zero-order valence-corrected chi connectivity index (χ0v) is 15.6. The van der Waals surface area contributed by atoms with Crippen LogP contribution < -0.4 is 10.1 Å². The zero-order chi connectivity index (χ0) is 17.1. The number of methoxy groups -OCH3 is 1. The molecule has 0 atom stereocenters. The summed E-state index contributed by atoms with van der Waals surface area (Å²) in [5.74, 6) is 0.945. The smallest absolute Gasteiger partial charge is 0.119 e. The number of benzene rings is 1. The summed E-state index contributed by atoms with van der Waals surface area (Å²) >= 11 is 0. The standard InChI is InChI=1S/C15H25NO2.2C2H6/c1-3-18-15-9-7-14(8-10-15)13-16-11-5-4-6-12-17-2;2*1-2/h7-10,16H,3-6,11-13H2,1-2H3;2*1-2H3. The van der Waals surface area contributed by atoms with Gasteiger partial charge < -0.3 is 14.8 Å². The van der Waals surface area contributed by atoms with Crippen LogP contribution >= 0.6 is 0 Å². The maximum atomic E-state index is 5.41. The average Bonchev–Trinajstić information content (AvgIpc) is 2.59. The second-order valence-corrected chi connectivity index (χ2v) is 4.31. The summed E-state index contributed by atoms with van der Waals surface area (Å²) in [4.78, 5) is 0. The summed E-state index contributed by atoms with van der Waals surface area (Å²) in [6, 6.07) is 8.28. The lowest BCUT2D eigenvalue weighted by molar-refractivity contribution is 0.192. The largest absolute Gasteiger partial charge is 0.494 e. The fraction of sp³-hybridized carbons (Fsp3) is 0.684. The second-order valence-electron chi connectivity index (χ2n) is 4.31. The summed E-state index contributed by atoms with van der Waals surface area (Å²) in [6.45, 7) is 13.6. The van der Waals surface area contributed by atoms with E-state index in [2.05, 4.69) is 17.4 Å². The van der Waals surface area contributed by atoms with Crippen molar-refractivity contribution >= 4 is 0 Å². The number of hydrogen-bond acceptors (Lipinski definition) is 3. The molecule has 0 aromatic heterocycles. The third-order valence-electron chi connectivity index (χ3n) is 2.77. The molecule has 0 fully saturated rings. The highest BCUT2D eigenvalue weighted by atomic mass is 16.5. The molecule has 0 spiro atoms. The Bertz CT molecular complexity index is 299. The molecule has 1 rings (SSSR count). The van der Waals surface area contributed by atoms with Crippen molar-refractivity contribution in [2.24, 2.45) is 0 Å². The summed E-state index contributed by atoms with van der Waals surface area (Å²) in [6.07, 6.45) is 3.59. The van der Waals surface area contributed by atoms with Gasteiger partial charge in [-0.25, -0.2) is 0 Å². The van der Waals surface area contributed by atoms with Crippen molar-refractivity contribution in [3.8, 4) is 5.75 Å². The molecule has 0 bridgehead atoms. The molecule has 0 amide bonds. The monoisotopic (exact) mass is 311 g/mol. The zero-order valence-electron chi connectivity index (χ0n) is 15.6. The number of nitrogens with one attached hydrogen (secondary N) is 1. The van der Waals surface area contributed by atoms with E-state index in [-0.39, 0.29) is 0 Å². The van der Waals surface area contributed by atoms with Crippen LogP contribution in [0, 0.1) is 0 Å². The predicted molar refractivity (Wildman–Crippen MR) is 97.7 cm³/mol. The van der Waals surface area contributed by atoms with E-state index in [4.69, 9.17) is 9.47 Å². The van der Waals surface area contributed by atoms with Gasteiger partial charge in [0.1, 0.15) is 5.75 Å². The van der Waals surface area contributed by atoms with Gasteiger partial charge in [0.15, 0.2) is 0 Å². The minimum absolute atomic E-state index is 0.721. The van der Waals surface area contributed by atoms with E-state index in [1.807, 2.05) is 46.8 Å². The van der Waals surface area contributed by atoms with Crippen molar-refractivity contribution in [2.75, 3.05) is 26.9 Å². The van der Waals surface area contributed by atoms with Gasteiger partial charge >= 0.3 is 0 Å². The third-order valence-corrected chi connectivity index (χ3v) is 2.77. The van der Waals surface area contributed by atoms with Gasteiger partial charge in [-0.2, -0.15) is 0 Å². The SMILES string of the molecule is CC.CC.CCOc1ccc(CNCCCCCOC)cc1. The van der Waals surface area contributed by atoms with Crippen LogP contribution in [-0.2, 0) is 11.3 Å². The van der Waals surface area contributed by atoms with Crippen molar-refractivity contribution in [3.05, 3.63) is 29.8 Å². The highest BCUT2D eigenvalue weighted by molar-refractivity contribution is 5.27. The van der Waals surface area contributed by atoms with Crippen LogP contribution in [0.2, 0.25) is 0 Å². The van der Waals surface area contributed by atoms with E-state index in [9.17, 15) is 0 Å². The lowest BCUT2D eigenvalue weighted by atomic mass is 10.2. The van der Waals surface area contributed by atoms with E-state index in [0.29, 0.717) is 0 Å². The summed E-state index contributed by atoms with van der Waals surface area (Å²) in [5.41, 5.74) is 1.30. The Balaban J connectivity index is 0. The minimum atomic E-state index is 0.721. The summed E-state index contributed by atoms with van der Waals surface area (Å²) in [5, 5.41) is 3.45. The molecule has 0 radical (unpaired) electrons. The molecule has 1 aromatic carbocycles. The predicted octanol–water partition coefficient (Wildman–Crippen LogP) is 5.04. The normalized spacial score (nSPS) is 9.18. The maximum absolute atomic E-state index is 5.41.